The number of nitrogens with zero attached hydrogens (tertiary/aromatic N) is 5. The van der Waals surface area contributed by atoms with Gasteiger partial charge < -0.3 is 10.4 Å². The van der Waals surface area contributed by atoms with Gasteiger partial charge in [0.05, 0.1) is 17.4 Å². The van der Waals surface area contributed by atoms with E-state index in [0.717, 1.165) is 5.69 Å². The topological polar surface area (TPSA) is 130 Å². The molecule has 0 bridgehead atoms. The summed E-state index contributed by atoms with van der Waals surface area (Å²) in [5.74, 6) is 0.212. The number of nitrogens with one attached hydrogen (secondary N) is 2. The van der Waals surface area contributed by atoms with Crippen LogP contribution in [0.3, 0.4) is 0 Å². The highest BCUT2D eigenvalue weighted by Crippen LogP contribution is 2.22. The highest BCUT2D eigenvalue weighted by Gasteiger charge is 2.18. The van der Waals surface area contributed by atoms with Gasteiger partial charge in [0.15, 0.2) is 0 Å². The minimum absolute atomic E-state index is 0.258. The van der Waals surface area contributed by atoms with Crippen molar-refractivity contribution < 1.29 is 9.90 Å². The lowest BCUT2D eigenvalue weighted by molar-refractivity contribution is 0.0684. The molecule has 0 saturated carbocycles. The number of hydrogen-bond donors (Lipinski definition) is 3. The van der Waals surface area contributed by atoms with Crippen molar-refractivity contribution in [2.75, 3.05) is 5.32 Å². The van der Waals surface area contributed by atoms with Gasteiger partial charge in [-0.05, 0) is 25.5 Å². The van der Waals surface area contributed by atoms with Crippen molar-refractivity contribution in [3.63, 3.8) is 0 Å². The second kappa shape index (κ2) is 7.04. The van der Waals surface area contributed by atoms with Crippen LogP contribution in [0, 0.1) is 6.92 Å². The van der Waals surface area contributed by atoms with E-state index < -0.39 is 5.97 Å². The molecule has 0 fully saturated rings. The number of aryl methyl sites for hydroxylation is 1. The van der Waals surface area contributed by atoms with Crippen molar-refractivity contribution in [1.82, 2.24) is 30.1 Å². The Labute approximate surface area is 143 Å². The van der Waals surface area contributed by atoms with E-state index >= 15 is 0 Å². The number of aromatic nitrogens is 6. The number of aromatic carboxylic acids is 1. The lowest BCUT2D eigenvalue weighted by Gasteiger charge is -2.15. The fraction of sp³-hybridized carbons (Fsp3) is 0.250. The van der Waals surface area contributed by atoms with Gasteiger partial charge in [-0.25, -0.2) is 19.7 Å². The van der Waals surface area contributed by atoms with E-state index in [1.807, 2.05) is 25.1 Å². The number of aromatic amines is 1. The van der Waals surface area contributed by atoms with Crippen LogP contribution in [0.2, 0.25) is 0 Å². The highest BCUT2D eigenvalue weighted by atomic mass is 16.4. The summed E-state index contributed by atoms with van der Waals surface area (Å²) in [5.41, 5.74) is 1.45. The Balaban J connectivity index is 1.87. The van der Waals surface area contributed by atoms with Gasteiger partial charge in [0, 0.05) is 12.3 Å². The smallest absolute Gasteiger partial charge is 0.375 e. The second-order valence-electron chi connectivity index (χ2n) is 5.36. The number of carbonyl (C=O) groups is 1. The van der Waals surface area contributed by atoms with Crippen molar-refractivity contribution in [2.45, 2.75) is 26.3 Å². The number of carboxylic acid groups (broad SMARTS) is 1. The first-order valence-corrected chi connectivity index (χ1v) is 7.76. The molecule has 0 aliphatic heterocycles. The molecule has 0 aliphatic rings. The molecule has 0 aliphatic carbocycles. The third-order valence-electron chi connectivity index (χ3n) is 3.52. The molecule has 3 N–H and O–H groups in total. The quantitative estimate of drug-likeness (QED) is 0.623. The maximum Gasteiger partial charge on any atom is 0.375 e. The largest absolute Gasteiger partial charge is 0.475 e. The Kier molecular flexibility index (Phi) is 4.64. The summed E-state index contributed by atoms with van der Waals surface area (Å²) in [6.07, 6.45) is 2.37. The van der Waals surface area contributed by atoms with Crippen LogP contribution in [0.5, 0.6) is 0 Å². The maximum atomic E-state index is 10.9. The Morgan fingerprint density at radius 3 is 2.76 bits per heavy atom. The normalized spacial score (nSPS) is 11.9. The molecule has 3 aromatic heterocycles. The third kappa shape index (κ3) is 3.77. The van der Waals surface area contributed by atoms with E-state index in [9.17, 15) is 4.79 Å². The fourth-order valence-corrected chi connectivity index (χ4v) is 2.36. The van der Waals surface area contributed by atoms with E-state index in [-0.39, 0.29) is 11.9 Å². The minimum atomic E-state index is -1.17. The number of pyridine rings is 1. The van der Waals surface area contributed by atoms with Crippen LogP contribution in [0.1, 0.15) is 41.7 Å². The number of hydrogen-bond acceptors (Lipinski definition) is 7. The van der Waals surface area contributed by atoms with Crippen LogP contribution in [0.25, 0.3) is 11.4 Å². The third-order valence-corrected chi connectivity index (χ3v) is 3.52. The van der Waals surface area contributed by atoms with Gasteiger partial charge in [0.1, 0.15) is 17.5 Å². The van der Waals surface area contributed by atoms with Crippen molar-refractivity contribution in [3.8, 4) is 11.4 Å². The zero-order chi connectivity index (χ0) is 17.8. The van der Waals surface area contributed by atoms with Gasteiger partial charge in [-0.2, -0.15) is 0 Å². The van der Waals surface area contributed by atoms with Gasteiger partial charge in [-0.3, -0.25) is 10.1 Å². The molecule has 3 rings (SSSR count). The molecule has 9 heteroatoms. The molecule has 0 amide bonds. The summed E-state index contributed by atoms with van der Waals surface area (Å²) in [7, 11) is 0. The number of carboxylic acids is 1. The van der Waals surface area contributed by atoms with Crippen LogP contribution in [-0.4, -0.2) is 41.2 Å². The fourth-order valence-electron chi connectivity index (χ4n) is 2.36. The molecule has 0 radical (unpaired) electrons. The molecular formula is C16H17N7O2. The van der Waals surface area contributed by atoms with E-state index in [1.165, 1.54) is 0 Å². The van der Waals surface area contributed by atoms with E-state index in [2.05, 4.69) is 35.5 Å². The van der Waals surface area contributed by atoms with Crippen LogP contribution in [-0.2, 0) is 0 Å². The van der Waals surface area contributed by atoms with E-state index in [4.69, 9.17) is 5.11 Å². The van der Waals surface area contributed by atoms with Crippen molar-refractivity contribution >= 4 is 11.8 Å². The summed E-state index contributed by atoms with van der Waals surface area (Å²) >= 11 is 0. The molecule has 0 unspecified atom stereocenters. The molecule has 0 aromatic carbocycles. The molecular weight excluding hydrogens is 322 g/mol. The minimum Gasteiger partial charge on any atom is -0.475 e. The van der Waals surface area contributed by atoms with Gasteiger partial charge in [-0.1, -0.05) is 13.0 Å². The van der Waals surface area contributed by atoms with Crippen LogP contribution >= 0.6 is 0 Å². The van der Waals surface area contributed by atoms with Gasteiger partial charge >= 0.3 is 5.97 Å². The van der Waals surface area contributed by atoms with Crippen LogP contribution in [0.15, 0.2) is 30.5 Å². The molecule has 25 heavy (non-hydrogen) atoms. The Morgan fingerprint density at radius 2 is 2.12 bits per heavy atom. The maximum absolute atomic E-state index is 10.9. The van der Waals surface area contributed by atoms with Crippen molar-refractivity contribution in [1.29, 1.82) is 0 Å². The molecule has 3 heterocycles. The van der Waals surface area contributed by atoms with Crippen LogP contribution < -0.4 is 5.32 Å². The second-order valence-corrected chi connectivity index (χ2v) is 5.36. The lowest BCUT2D eigenvalue weighted by atomic mass is 10.2. The molecule has 0 saturated heterocycles. The average molecular weight is 339 g/mol. The van der Waals surface area contributed by atoms with Crippen LogP contribution in [0.4, 0.5) is 5.82 Å². The highest BCUT2D eigenvalue weighted by molar-refractivity contribution is 5.82. The van der Waals surface area contributed by atoms with Gasteiger partial charge in [0.2, 0.25) is 0 Å². The molecule has 9 nitrogen and oxygen atoms in total. The average Bonchev–Trinajstić information content (AvgIpc) is 3.10. The standard InChI is InChI=1S/C16H17N7O2/c1-3-10(14-21-15(16(24)25)23-22-14)20-13-8-12(18-9(2)19-13)11-6-4-5-7-17-11/h4-8,10H,3H2,1-2H3,(H,24,25)(H,18,19,20)(H,21,22,23)/t10-/m0/s1. The SMILES string of the molecule is CC[C@H](Nc1cc(-c2ccccn2)nc(C)n1)c1nc(C(=O)O)n[nH]1. The number of rotatable bonds is 6. The summed E-state index contributed by atoms with van der Waals surface area (Å²) < 4.78 is 0. The first kappa shape index (κ1) is 16.5. The predicted octanol–water partition coefficient (Wildman–Crippen LogP) is 2.23. The molecule has 128 valence electrons. The van der Waals surface area contributed by atoms with E-state index in [1.54, 1.807) is 19.2 Å². The Bertz CT molecular complexity index is 879. The first-order chi connectivity index (χ1) is 12.1. The van der Waals surface area contributed by atoms with E-state index in [0.29, 0.717) is 29.6 Å². The number of anilines is 1. The Morgan fingerprint density at radius 1 is 1.28 bits per heavy atom. The summed E-state index contributed by atoms with van der Waals surface area (Å²) in [4.78, 5) is 28.0. The zero-order valence-corrected chi connectivity index (χ0v) is 13.8. The van der Waals surface area contributed by atoms with Crippen molar-refractivity contribution in [2.24, 2.45) is 0 Å². The van der Waals surface area contributed by atoms with Gasteiger partial charge in [-0.15, -0.1) is 5.10 Å². The molecule has 1 atom stereocenters. The summed E-state index contributed by atoms with van der Waals surface area (Å²) in [6, 6.07) is 7.15. The number of H-pyrrole nitrogens is 1. The lowest BCUT2D eigenvalue weighted by Crippen LogP contribution is -2.13. The Hall–Kier alpha value is -3.36. The van der Waals surface area contributed by atoms with Crippen molar-refractivity contribution in [3.05, 3.63) is 47.9 Å². The molecule has 3 aromatic rings. The summed E-state index contributed by atoms with van der Waals surface area (Å²) in [5, 5.41) is 18.5. The zero-order valence-electron chi connectivity index (χ0n) is 13.8. The van der Waals surface area contributed by atoms with Gasteiger partial charge in [0.25, 0.3) is 5.82 Å². The first-order valence-electron chi connectivity index (χ1n) is 7.76. The monoisotopic (exact) mass is 339 g/mol. The molecule has 0 spiro atoms. The summed E-state index contributed by atoms with van der Waals surface area (Å²) in [6.45, 7) is 3.75. The predicted molar refractivity (Wildman–Crippen MR) is 90.0 cm³/mol.